The Hall–Kier alpha value is -3.79. The summed E-state index contributed by atoms with van der Waals surface area (Å²) < 4.78 is 6.86. The Morgan fingerprint density at radius 3 is 1.59 bits per heavy atom. The molecule has 0 unspecified atom stereocenters. The minimum atomic E-state index is -1.06. The van der Waals surface area contributed by atoms with E-state index in [4.69, 9.17) is 4.74 Å². The molecule has 0 fully saturated rings. The van der Waals surface area contributed by atoms with Crippen LogP contribution in [0.3, 0.4) is 0 Å². The minimum Gasteiger partial charge on any atom is -0.440 e. The number of unbranched alkanes of at least 4 members (excludes halogenated alkanes) is 10. The number of aromatic nitrogens is 2. The molecule has 0 aliphatic carbocycles. The number of fused-ring (bicyclic) bond motifs is 3. The van der Waals surface area contributed by atoms with Crippen LogP contribution in [0, 0.1) is 13.8 Å². The summed E-state index contributed by atoms with van der Waals surface area (Å²) in [5.74, 6) is -0.250. The highest BCUT2D eigenvalue weighted by molar-refractivity contribution is 6.02. The lowest BCUT2D eigenvalue weighted by Crippen LogP contribution is -2.31. The Labute approximate surface area is 275 Å². The topological polar surface area (TPSA) is 57.9 Å². The van der Waals surface area contributed by atoms with Crippen LogP contribution in [0.5, 0.6) is 0 Å². The molecule has 242 valence electrons. The maximum absolute atomic E-state index is 13.9. The molecule has 0 spiro atoms. The lowest BCUT2D eigenvalue weighted by Gasteiger charge is -2.32. The van der Waals surface area contributed by atoms with E-state index in [0.29, 0.717) is 5.56 Å². The van der Waals surface area contributed by atoms with Crippen LogP contribution in [-0.2, 0) is 23.2 Å². The standard InChI is InChI=1S/C42H52N2O2/c1-5-7-9-11-13-15-21-31-23-19-27-35-37(31)39(29(3)43-35)42(34-26-18-17-25-33(34)41(45)46-42)40-30(4)44-36-28-20-24-32(38(36)40)22-16-14-12-10-8-6-2/h17-20,23-28,43-44H,5-16,21-22H2,1-4H3. The number of aryl methyl sites for hydroxylation is 4. The fraction of sp³-hybridized carbons (Fsp3) is 0.452. The van der Waals surface area contributed by atoms with E-state index >= 15 is 0 Å². The number of ether oxygens (including phenoxy) is 1. The number of H-pyrrole nitrogens is 2. The van der Waals surface area contributed by atoms with Crippen LogP contribution < -0.4 is 0 Å². The zero-order valence-electron chi connectivity index (χ0n) is 28.5. The summed E-state index contributed by atoms with van der Waals surface area (Å²) in [5.41, 5.74) is 9.70. The molecule has 6 rings (SSSR count). The van der Waals surface area contributed by atoms with Crippen molar-refractivity contribution in [2.75, 3.05) is 0 Å². The molecule has 1 aliphatic rings. The molecule has 0 saturated heterocycles. The van der Waals surface area contributed by atoms with Gasteiger partial charge in [-0.15, -0.1) is 0 Å². The summed E-state index contributed by atoms with van der Waals surface area (Å²) in [6.45, 7) is 8.85. The molecule has 4 heteroatoms. The lowest BCUT2D eigenvalue weighted by molar-refractivity contribution is 0.0256. The number of benzene rings is 3. The van der Waals surface area contributed by atoms with Gasteiger partial charge < -0.3 is 14.7 Å². The highest BCUT2D eigenvalue weighted by Crippen LogP contribution is 2.54. The number of aromatic amines is 2. The van der Waals surface area contributed by atoms with Gasteiger partial charge in [0.2, 0.25) is 0 Å². The van der Waals surface area contributed by atoms with Crippen molar-refractivity contribution >= 4 is 27.8 Å². The fourth-order valence-electron chi connectivity index (χ4n) is 8.10. The number of esters is 1. The highest BCUT2D eigenvalue weighted by atomic mass is 16.6. The maximum atomic E-state index is 13.9. The van der Waals surface area contributed by atoms with E-state index in [2.05, 4.69) is 86.2 Å². The molecule has 1 aliphatic heterocycles. The molecule has 3 heterocycles. The van der Waals surface area contributed by atoms with Gasteiger partial charge in [-0.25, -0.2) is 4.79 Å². The zero-order valence-corrected chi connectivity index (χ0v) is 28.5. The van der Waals surface area contributed by atoms with Gasteiger partial charge in [-0.2, -0.15) is 0 Å². The number of hydrogen-bond donors (Lipinski definition) is 2. The second-order valence-electron chi connectivity index (χ2n) is 13.6. The molecule has 0 bridgehead atoms. The largest absolute Gasteiger partial charge is 0.440 e. The number of carbonyl (C=O) groups is 1. The second kappa shape index (κ2) is 14.3. The van der Waals surface area contributed by atoms with Crippen molar-refractivity contribution in [3.63, 3.8) is 0 Å². The summed E-state index contributed by atoms with van der Waals surface area (Å²) >= 11 is 0. The molecule has 2 aromatic heterocycles. The van der Waals surface area contributed by atoms with Crippen molar-refractivity contribution < 1.29 is 9.53 Å². The molecule has 3 aromatic carbocycles. The van der Waals surface area contributed by atoms with Gasteiger partial charge in [-0.3, -0.25) is 0 Å². The third-order valence-corrected chi connectivity index (χ3v) is 10.3. The Morgan fingerprint density at radius 1 is 0.587 bits per heavy atom. The van der Waals surface area contributed by atoms with Crippen molar-refractivity contribution in [1.29, 1.82) is 0 Å². The minimum absolute atomic E-state index is 0.250. The molecule has 4 nitrogen and oxygen atoms in total. The van der Waals surface area contributed by atoms with Crippen LogP contribution in [0.2, 0.25) is 0 Å². The Bertz CT molecular complexity index is 1710. The number of rotatable bonds is 16. The Kier molecular flexibility index (Phi) is 10.0. The third kappa shape index (κ3) is 5.92. The van der Waals surface area contributed by atoms with Gasteiger partial charge in [0.25, 0.3) is 0 Å². The van der Waals surface area contributed by atoms with Gasteiger partial charge in [0.05, 0.1) is 5.56 Å². The summed E-state index contributed by atoms with van der Waals surface area (Å²) in [7, 11) is 0. The first-order chi connectivity index (χ1) is 22.5. The van der Waals surface area contributed by atoms with Crippen LogP contribution in [-0.4, -0.2) is 15.9 Å². The molecule has 0 amide bonds. The fourth-order valence-corrected chi connectivity index (χ4v) is 8.10. The number of carbonyl (C=O) groups excluding carboxylic acids is 1. The highest BCUT2D eigenvalue weighted by Gasteiger charge is 2.53. The second-order valence-corrected chi connectivity index (χ2v) is 13.6. The molecular weight excluding hydrogens is 564 g/mol. The first kappa shape index (κ1) is 32.2. The normalized spacial score (nSPS) is 14.0. The van der Waals surface area contributed by atoms with Crippen molar-refractivity contribution in [1.82, 2.24) is 9.97 Å². The Balaban J connectivity index is 1.52. The first-order valence-corrected chi connectivity index (χ1v) is 18.0. The average Bonchev–Trinajstić information content (AvgIpc) is 3.69. The predicted octanol–water partition coefficient (Wildman–Crippen LogP) is 11.5. The van der Waals surface area contributed by atoms with Gasteiger partial charge in [-0.05, 0) is 68.9 Å². The predicted molar refractivity (Wildman–Crippen MR) is 192 cm³/mol. The van der Waals surface area contributed by atoms with Crippen LogP contribution >= 0.6 is 0 Å². The van der Waals surface area contributed by atoms with Crippen LogP contribution in [0.1, 0.15) is 140 Å². The van der Waals surface area contributed by atoms with Crippen molar-refractivity contribution in [2.45, 2.75) is 123 Å². The van der Waals surface area contributed by atoms with E-state index in [1.165, 1.54) is 86.1 Å². The number of hydrogen-bond acceptors (Lipinski definition) is 2. The van der Waals surface area contributed by atoms with Crippen molar-refractivity contribution in [3.05, 3.63) is 105 Å². The van der Waals surface area contributed by atoms with E-state index in [1.807, 2.05) is 12.1 Å². The molecule has 5 aromatic rings. The molecular formula is C42H52N2O2. The maximum Gasteiger partial charge on any atom is 0.340 e. The van der Waals surface area contributed by atoms with Crippen molar-refractivity contribution in [2.24, 2.45) is 0 Å². The van der Waals surface area contributed by atoms with Crippen molar-refractivity contribution in [3.8, 4) is 0 Å². The molecule has 2 N–H and O–H groups in total. The van der Waals surface area contributed by atoms with Crippen LogP contribution in [0.15, 0.2) is 60.7 Å². The molecule has 0 atom stereocenters. The van der Waals surface area contributed by atoms with Gasteiger partial charge in [0.15, 0.2) is 5.60 Å². The average molecular weight is 617 g/mol. The smallest absolute Gasteiger partial charge is 0.340 e. The monoisotopic (exact) mass is 616 g/mol. The van der Waals surface area contributed by atoms with Crippen LogP contribution in [0.4, 0.5) is 0 Å². The number of cyclic esters (lactones) is 1. The van der Waals surface area contributed by atoms with E-state index in [0.717, 1.165) is 64.8 Å². The molecule has 46 heavy (non-hydrogen) atoms. The lowest BCUT2D eigenvalue weighted by atomic mass is 9.76. The van der Waals surface area contributed by atoms with Crippen LogP contribution in [0.25, 0.3) is 21.8 Å². The first-order valence-electron chi connectivity index (χ1n) is 18.0. The summed E-state index contributed by atoms with van der Waals surface area (Å²) in [5, 5.41) is 2.42. The molecule has 0 saturated carbocycles. The quantitative estimate of drug-likeness (QED) is 0.0856. The van der Waals surface area contributed by atoms with E-state index < -0.39 is 5.60 Å². The Morgan fingerprint density at radius 2 is 1.07 bits per heavy atom. The van der Waals surface area contributed by atoms with Gasteiger partial charge in [-0.1, -0.05) is 121 Å². The van der Waals surface area contributed by atoms with Gasteiger partial charge in [0.1, 0.15) is 0 Å². The van der Waals surface area contributed by atoms with Gasteiger partial charge in [0, 0.05) is 49.9 Å². The zero-order chi connectivity index (χ0) is 32.1. The SMILES string of the molecule is CCCCCCCCc1cccc2[nH]c(C)c(C3(c4c(C)[nH]c5cccc(CCCCCCCC)c45)OC(=O)c4ccccc43)c12. The summed E-state index contributed by atoms with van der Waals surface area (Å²) in [4.78, 5) is 21.4. The van der Waals surface area contributed by atoms with E-state index in [9.17, 15) is 4.79 Å². The number of nitrogens with one attached hydrogen (secondary N) is 2. The molecule has 0 radical (unpaired) electrons. The van der Waals surface area contributed by atoms with Gasteiger partial charge >= 0.3 is 5.97 Å². The van der Waals surface area contributed by atoms with E-state index in [1.54, 1.807) is 0 Å². The third-order valence-electron chi connectivity index (χ3n) is 10.3. The summed E-state index contributed by atoms with van der Waals surface area (Å²) in [6.07, 6.45) is 17.2. The summed E-state index contributed by atoms with van der Waals surface area (Å²) in [6, 6.07) is 21.3. The van der Waals surface area contributed by atoms with E-state index in [-0.39, 0.29) is 5.97 Å².